The van der Waals surface area contributed by atoms with Gasteiger partial charge in [-0.25, -0.2) is 9.37 Å². The summed E-state index contributed by atoms with van der Waals surface area (Å²) in [5.41, 5.74) is 1.71. The van der Waals surface area contributed by atoms with E-state index in [4.69, 9.17) is 11.6 Å². The standard InChI is InChI=1S/C13H13ClFIN2/c14-6-13-17-11-5-10(16)9(15)4-12(11)18(13)7-8-2-1-3-8/h4-5,8H,1-3,6-7H2. The molecule has 2 nitrogen and oxygen atoms in total. The summed E-state index contributed by atoms with van der Waals surface area (Å²) < 4.78 is 16.4. The lowest BCUT2D eigenvalue weighted by atomic mass is 9.85. The van der Waals surface area contributed by atoms with Crippen molar-refractivity contribution in [1.82, 2.24) is 9.55 Å². The number of fused-ring (bicyclic) bond motifs is 1. The molecule has 0 amide bonds. The molecule has 0 saturated heterocycles. The molecule has 0 atom stereocenters. The monoisotopic (exact) mass is 378 g/mol. The van der Waals surface area contributed by atoms with Crippen LogP contribution in [0.1, 0.15) is 25.1 Å². The maximum absolute atomic E-state index is 13.7. The van der Waals surface area contributed by atoms with Crippen LogP contribution in [0.3, 0.4) is 0 Å². The third kappa shape index (κ3) is 2.13. The van der Waals surface area contributed by atoms with E-state index in [9.17, 15) is 4.39 Å². The van der Waals surface area contributed by atoms with Gasteiger partial charge < -0.3 is 4.57 Å². The van der Waals surface area contributed by atoms with Gasteiger partial charge in [0.05, 0.1) is 20.5 Å². The van der Waals surface area contributed by atoms with Gasteiger partial charge in [0.2, 0.25) is 0 Å². The smallest absolute Gasteiger partial charge is 0.138 e. The predicted octanol–water partition coefficient (Wildman–Crippen LogP) is 4.32. The van der Waals surface area contributed by atoms with Crippen molar-refractivity contribution in [2.75, 3.05) is 0 Å². The Balaban J connectivity index is 2.10. The Kier molecular flexibility index (Phi) is 3.49. The van der Waals surface area contributed by atoms with Gasteiger partial charge in [0.25, 0.3) is 0 Å². The first kappa shape index (κ1) is 12.7. The molecule has 18 heavy (non-hydrogen) atoms. The van der Waals surface area contributed by atoms with Crippen LogP contribution in [0.4, 0.5) is 4.39 Å². The van der Waals surface area contributed by atoms with E-state index in [2.05, 4.69) is 9.55 Å². The van der Waals surface area contributed by atoms with Crippen molar-refractivity contribution < 1.29 is 4.39 Å². The first-order valence-electron chi connectivity index (χ1n) is 6.09. The SMILES string of the molecule is Fc1cc2c(cc1I)nc(CCl)n2CC1CCC1. The molecule has 0 N–H and O–H groups in total. The normalized spacial score (nSPS) is 16.2. The van der Waals surface area contributed by atoms with Crippen molar-refractivity contribution in [3.63, 3.8) is 0 Å². The molecule has 0 aliphatic heterocycles. The number of aromatic nitrogens is 2. The summed E-state index contributed by atoms with van der Waals surface area (Å²) in [4.78, 5) is 4.50. The van der Waals surface area contributed by atoms with E-state index in [-0.39, 0.29) is 5.82 Å². The van der Waals surface area contributed by atoms with Gasteiger partial charge >= 0.3 is 0 Å². The third-order valence-corrected chi connectivity index (χ3v) is 4.72. The molecule has 1 aromatic heterocycles. The second-order valence-electron chi connectivity index (χ2n) is 4.82. The number of nitrogens with zero attached hydrogens (tertiary/aromatic N) is 2. The van der Waals surface area contributed by atoms with Crippen LogP contribution in [0.25, 0.3) is 11.0 Å². The van der Waals surface area contributed by atoms with E-state index in [0.717, 1.165) is 23.4 Å². The van der Waals surface area contributed by atoms with Gasteiger partial charge in [-0.05, 0) is 47.4 Å². The Hall–Kier alpha value is -0.360. The Morgan fingerprint density at radius 2 is 2.22 bits per heavy atom. The second kappa shape index (κ2) is 4.96. The van der Waals surface area contributed by atoms with Crippen molar-refractivity contribution in [2.45, 2.75) is 31.7 Å². The van der Waals surface area contributed by atoms with Crippen molar-refractivity contribution in [1.29, 1.82) is 0 Å². The van der Waals surface area contributed by atoms with Gasteiger partial charge in [0.15, 0.2) is 0 Å². The molecular weight excluding hydrogens is 366 g/mol. The first-order valence-corrected chi connectivity index (χ1v) is 7.70. The predicted molar refractivity (Wildman–Crippen MR) is 79.3 cm³/mol. The highest BCUT2D eigenvalue weighted by atomic mass is 127. The van der Waals surface area contributed by atoms with Crippen molar-refractivity contribution in [3.8, 4) is 0 Å². The minimum absolute atomic E-state index is 0.181. The van der Waals surface area contributed by atoms with Gasteiger partial charge in [-0.3, -0.25) is 0 Å². The lowest BCUT2D eigenvalue weighted by Gasteiger charge is -2.26. The van der Waals surface area contributed by atoms with Crippen LogP contribution < -0.4 is 0 Å². The van der Waals surface area contributed by atoms with Gasteiger partial charge in [-0.15, -0.1) is 11.6 Å². The number of hydrogen-bond acceptors (Lipinski definition) is 1. The molecule has 0 bridgehead atoms. The highest BCUT2D eigenvalue weighted by Gasteiger charge is 2.21. The van der Waals surface area contributed by atoms with Crippen LogP contribution in [-0.2, 0) is 12.4 Å². The number of hydrogen-bond donors (Lipinski definition) is 0. The molecular formula is C13H13ClFIN2. The van der Waals surface area contributed by atoms with Crippen LogP contribution in [0.15, 0.2) is 12.1 Å². The molecule has 3 rings (SSSR count). The first-order chi connectivity index (χ1) is 8.69. The highest BCUT2D eigenvalue weighted by Crippen LogP contribution is 2.31. The minimum atomic E-state index is -0.181. The third-order valence-electron chi connectivity index (χ3n) is 3.65. The molecule has 0 unspecified atom stereocenters. The van der Waals surface area contributed by atoms with Crippen molar-refractivity contribution in [3.05, 3.63) is 27.3 Å². The number of imidazole rings is 1. The average Bonchev–Trinajstić information content (AvgIpc) is 2.62. The lowest BCUT2D eigenvalue weighted by Crippen LogP contribution is -2.19. The van der Waals surface area contributed by atoms with E-state index < -0.39 is 0 Å². The summed E-state index contributed by atoms with van der Waals surface area (Å²) in [6.45, 7) is 0.915. The Morgan fingerprint density at radius 3 is 2.83 bits per heavy atom. The summed E-state index contributed by atoms with van der Waals surface area (Å²) in [6, 6.07) is 3.37. The minimum Gasteiger partial charge on any atom is -0.327 e. The van der Waals surface area contributed by atoms with Crippen LogP contribution in [0, 0.1) is 15.3 Å². The lowest BCUT2D eigenvalue weighted by molar-refractivity contribution is 0.277. The van der Waals surface area contributed by atoms with Gasteiger partial charge in [0, 0.05) is 12.6 Å². The van der Waals surface area contributed by atoms with E-state index in [1.165, 1.54) is 19.3 Å². The second-order valence-corrected chi connectivity index (χ2v) is 6.25. The maximum atomic E-state index is 13.7. The largest absolute Gasteiger partial charge is 0.327 e. The quantitative estimate of drug-likeness (QED) is 0.574. The molecule has 1 fully saturated rings. The number of halogens is 3. The number of alkyl halides is 1. The topological polar surface area (TPSA) is 17.8 Å². The van der Waals surface area contributed by atoms with Gasteiger partial charge in [-0.2, -0.15) is 0 Å². The number of rotatable bonds is 3. The fourth-order valence-electron chi connectivity index (χ4n) is 2.41. The Labute approximate surface area is 124 Å². The van der Waals surface area contributed by atoms with E-state index in [1.807, 2.05) is 22.6 Å². The molecule has 1 aliphatic carbocycles. The summed E-state index contributed by atoms with van der Waals surface area (Å²) in [7, 11) is 0. The van der Waals surface area contributed by atoms with Crippen LogP contribution >= 0.6 is 34.2 Å². The van der Waals surface area contributed by atoms with Crippen molar-refractivity contribution >= 4 is 45.2 Å². The van der Waals surface area contributed by atoms with E-state index >= 15 is 0 Å². The zero-order valence-corrected chi connectivity index (χ0v) is 12.7. The summed E-state index contributed by atoms with van der Waals surface area (Å²) in [6.07, 6.45) is 3.82. The Morgan fingerprint density at radius 1 is 1.44 bits per heavy atom. The summed E-state index contributed by atoms with van der Waals surface area (Å²) in [5, 5.41) is 0. The molecule has 2 aromatic rings. The molecule has 0 spiro atoms. The molecule has 1 aliphatic rings. The van der Waals surface area contributed by atoms with Crippen molar-refractivity contribution in [2.24, 2.45) is 5.92 Å². The molecule has 1 aromatic carbocycles. The number of benzene rings is 1. The average molecular weight is 379 g/mol. The van der Waals surface area contributed by atoms with Crippen LogP contribution in [0.2, 0.25) is 0 Å². The fourth-order valence-corrected chi connectivity index (χ4v) is 3.06. The zero-order chi connectivity index (χ0) is 12.7. The molecule has 0 radical (unpaired) electrons. The molecule has 5 heteroatoms. The Bertz CT molecular complexity index is 592. The van der Waals surface area contributed by atoms with Gasteiger partial charge in [-0.1, -0.05) is 6.42 Å². The van der Waals surface area contributed by atoms with E-state index in [0.29, 0.717) is 15.4 Å². The molecule has 96 valence electrons. The summed E-state index contributed by atoms with van der Waals surface area (Å²) in [5.74, 6) is 1.74. The fraction of sp³-hybridized carbons (Fsp3) is 0.462. The van der Waals surface area contributed by atoms with Crippen LogP contribution in [0.5, 0.6) is 0 Å². The highest BCUT2D eigenvalue weighted by molar-refractivity contribution is 14.1. The molecule has 1 saturated carbocycles. The summed E-state index contributed by atoms with van der Waals surface area (Å²) >= 11 is 7.94. The molecule has 1 heterocycles. The van der Waals surface area contributed by atoms with Gasteiger partial charge in [0.1, 0.15) is 11.6 Å². The maximum Gasteiger partial charge on any atom is 0.138 e. The van der Waals surface area contributed by atoms with Crippen LogP contribution in [-0.4, -0.2) is 9.55 Å². The van der Waals surface area contributed by atoms with E-state index in [1.54, 1.807) is 12.1 Å². The zero-order valence-electron chi connectivity index (χ0n) is 9.80.